The van der Waals surface area contributed by atoms with Crippen molar-refractivity contribution in [2.45, 2.75) is 12.1 Å². The molecule has 0 radical (unpaired) electrons. The van der Waals surface area contributed by atoms with Crippen LogP contribution in [0.15, 0.2) is 72.9 Å². The highest BCUT2D eigenvalue weighted by molar-refractivity contribution is 6.24. The number of carbonyl (C=O) groups is 3. The molecule has 2 fully saturated rings. The van der Waals surface area contributed by atoms with Crippen LogP contribution >= 0.6 is 0 Å². The van der Waals surface area contributed by atoms with E-state index in [4.69, 9.17) is 14.2 Å². The summed E-state index contributed by atoms with van der Waals surface area (Å²) in [5, 5.41) is 2.94. The van der Waals surface area contributed by atoms with Crippen LogP contribution in [0.4, 0.5) is 11.4 Å². The van der Waals surface area contributed by atoms with Crippen molar-refractivity contribution in [3.63, 3.8) is 0 Å². The number of methoxy groups -OCH3 is 1. The van der Waals surface area contributed by atoms with E-state index in [-0.39, 0.29) is 18.6 Å². The van der Waals surface area contributed by atoms with Gasteiger partial charge in [0.25, 0.3) is 0 Å². The van der Waals surface area contributed by atoms with Crippen LogP contribution in [0.2, 0.25) is 0 Å². The third kappa shape index (κ3) is 3.21. The SMILES string of the molecule is COc1ccc(NC(=O)[C@@H]2[C@H]3C(=O)N(c4ccc5c(c4)OCO5)C(=O)[C@@H]3[C@H]3c4ccccc4C=CN23)cc1. The molecule has 4 aliphatic heterocycles. The van der Waals surface area contributed by atoms with Crippen molar-refractivity contribution in [3.8, 4) is 17.2 Å². The van der Waals surface area contributed by atoms with Crippen LogP contribution in [0.25, 0.3) is 6.08 Å². The lowest BCUT2D eigenvalue weighted by Crippen LogP contribution is -2.46. The monoisotopic (exact) mass is 509 g/mol. The Kier molecular flexibility index (Phi) is 4.94. The maximum absolute atomic E-state index is 14.0. The summed E-state index contributed by atoms with van der Waals surface area (Å²) >= 11 is 0. The number of anilines is 2. The first kappa shape index (κ1) is 22.4. The van der Waals surface area contributed by atoms with Crippen LogP contribution in [-0.2, 0) is 14.4 Å². The number of imide groups is 1. The minimum absolute atomic E-state index is 0.0830. The van der Waals surface area contributed by atoms with Crippen LogP contribution in [0.1, 0.15) is 17.2 Å². The van der Waals surface area contributed by atoms with Gasteiger partial charge in [-0.1, -0.05) is 24.3 Å². The third-order valence-corrected chi connectivity index (χ3v) is 7.70. The fourth-order valence-corrected chi connectivity index (χ4v) is 6.03. The molecule has 0 unspecified atom stereocenters. The molecule has 4 atom stereocenters. The Morgan fingerprint density at radius 3 is 2.53 bits per heavy atom. The molecule has 190 valence electrons. The number of fused-ring (bicyclic) bond motifs is 6. The van der Waals surface area contributed by atoms with E-state index in [0.717, 1.165) is 11.1 Å². The van der Waals surface area contributed by atoms with Crippen molar-refractivity contribution in [2.24, 2.45) is 11.8 Å². The number of rotatable bonds is 4. The van der Waals surface area contributed by atoms with Crippen LogP contribution in [-0.4, -0.2) is 42.6 Å². The van der Waals surface area contributed by atoms with Crippen LogP contribution < -0.4 is 24.4 Å². The standard InChI is InChI=1S/C29H23N3O6/c1-36-19-9-6-17(7-10-19)30-27(33)26-24-23(25-20-5-3-2-4-16(20)12-13-31(25)26)28(34)32(29(24)35)18-8-11-21-22(14-18)38-15-37-21/h2-14,23-26H,15H2,1H3,(H,30,33)/t23-,24-,25+,26-/m0/s1. The Hall–Kier alpha value is -4.79. The molecule has 3 aromatic carbocycles. The van der Waals surface area contributed by atoms with Gasteiger partial charge in [0.1, 0.15) is 11.8 Å². The second-order valence-electron chi connectivity index (χ2n) is 9.60. The van der Waals surface area contributed by atoms with Crippen LogP contribution in [0.3, 0.4) is 0 Å². The second-order valence-corrected chi connectivity index (χ2v) is 9.60. The zero-order valence-corrected chi connectivity index (χ0v) is 20.4. The lowest BCUT2D eigenvalue weighted by Gasteiger charge is -2.35. The first-order valence-electron chi connectivity index (χ1n) is 12.3. The molecule has 0 spiro atoms. The largest absolute Gasteiger partial charge is 0.497 e. The van der Waals surface area contributed by atoms with Gasteiger partial charge in [-0.15, -0.1) is 0 Å². The zero-order valence-electron chi connectivity index (χ0n) is 20.4. The number of benzene rings is 3. The van der Waals surface area contributed by atoms with Crippen molar-refractivity contribution in [1.82, 2.24) is 4.90 Å². The van der Waals surface area contributed by atoms with Gasteiger partial charge >= 0.3 is 0 Å². The fourth-order valence-electron chi connectivity index (χ4n) is 6.03. The lowest BCUT2D eigenvalue weighted by atomic mass is 9.84. The summed E-state index contributed by atoms with van der Waals surface area (Å²) in [4.78, 5) is 44.8. The number of amides is 3. The summed E-state index contributed by atoms with van der Waals surface area (Å²) in [6, 6.07) is 18.4. The summed E-state index contributed by atoms with van der Waals surface area (Å²) in [5.74, 6) is -1.00. The van der Waals surface area contributed by atoms with Gasteiger partial charge in [-0.3, -0.25) is 14.4 Å². The smallest absolute Gasteiger partial charge is 0.247 e. The van der Waals surface area contributed by atoms with E-state index in [9.17, 15) is 14.4 Å². The Bertz CT molecular complexity index is 1520. The summed E-state index contributed by atoms with van der Waals surface area (Å²) in [6.45, 7) is 0.0830. The molecule has 7 rings (SSSR count). The van der Waals surface area contributed by atoms with E-state index in [2.05, 4.69) is 5.32 Å². The highest BCUT2D eigenvalue weighted by Crippen LogP contribution is 2.53. The van der Waals surface area contributed by atoms with E-state index < -0.39 is 29.8 Å². The number of nitrogens with one attached hydrogen (secondary N) is 1. The Morgan fingerprint density at radius 1 is 0.947 bits per heavy atom. The minimum Gasteiger partial charge on any atom is -0.497 e. The first-order chi connectivity index (χ1) is 18.5. The minimum atomic E-state index is -0.882. The van der Waals surface area contributed by atoms with Gasteiger partial charge in [0.15, 0.2) is 11.5 Å². The molecule has 2 saturated heterocycles. The summed E-state index contributed by atoms with van der Waals surface area (Å²) in [7, 11) is 1.57. The van der Waals surface area contributed by atoms with E-state index in [1.54, 1.807) is 49.6 Å². The van der Waals surface area contributed by atoms with Gasteiger partial charge in [-0.2, -0.15) is 0 Å². The predicted octanol–water partition coefficient (Wildman–Crippen LogP) is 3.58. The molecule has 9 heteroatoms. The number of hydrogen-bond donors (Lipinski definition) is 1. The van der Waals surface area contributed by atoms with Crippen LogP contribution in [0.5, 0.6) is 17.2 Å². The second kappa shape index (κ2) is 8.37. The summed E-state index contributed by atoms with van der Waals surface area (Å²) < 4.78 is 16.1. The number of nitrogens with zero attached hydrogens (tertiary/aromatic N) is 2. The Balaban J connectivity index is 1.29. The maximum Gasteiger partial charge on any atom is 0.247 e. The van der Waals surface area contributed by atoms with E-state index in [0.29, 0.717) is 28.6 Å². The molecule has 4 heterocycles. The molecule has 0 bridgehead atoms. The molecule has 0 aliphatic carbocycles. The van der Waals surface area contributed by atoms with Gasteiger partial charge in [0.05, 0.1) is 30.7 Å². The van der Waals surface area contributed by atoms with Gasteiger partial charge in [-0.05, 0) is 53.6 Å². The van der Waals surface area contributed by atoms with Crippen LogP contribution in [0, 0.1) is 11.8 Å². The average Bonchev–Trinajstić information content (AvgIpc) is 3.62. The highest BCUT2D eigenvalue weighted by Gasteiger charge is 2.64. The van der Waals surface area contributed by atoms with Crippen molar-refractivity contribution in [3.05, 3.63) is 84.1 Å². The molecule has 38 heavy (non-hydrogen) atoms. The first-order valence-corrected chi connectivity index (χ1v) is 12.3. The molecule has 3 aromatic rings. The maximum atomic E-state index is 14.0. The van der Waals surface area contributed by atoms with Crippen molar-refractivity contribution < 1.29 is 28.6 Å². The number of carbonyl (C=O) groups excluding carboxylic acids is 3. The van der Waals surface area contributed by atoms with E-state index in [1.807, 2.05) is 41.4 Å². The molecule has 9 nitrogen and oxygen atoms in total. The lowest BCUT2D eigenvalue weighted by molar-refractivity contribution is -0.128. The molecule has 1 N–H and O–H groups in total. The number of ether oxygens (including phenoxy) is 3. The van der Waals surface area contributed by atoms with E-state index in [1.165, 1.54) is 4.90 Å². The van der Waals surface area contributed by atoms with E-state index >= 15 is 0 Å². The molecular formula is C29H23N3O6. The zero-order chi connectivity index (χ0) is 26.0. The molecule has 4 aliphatic rings. The van der Waals surface area contributed by atoms with Gasteiger partial charge in [0, 0.05) is 18.0 Å². The Labute approximate surface area is 218 Å². The fraction of sp³-hybridized carbons (Fsp3) is 0.207. The van der Waals surface area contributed by atoms with Gasteiger partial charge in [-0.25, -0.2) is 4.90 Å². The van der Waals surface area contributed by atoms with Crippen molar-refractivity contribution in [2.75, 3.05) is 24.1 Å². The third-order valence-electron chi connectivity index (χ3n) is 7.70. The summed E-state index contributed by atoms with van der Waals surface area (Å²) in [5.41, 5.74) is 2.85. The van der Waals surface area contributed by atoms with Crippen molar-refractivity contribution in [1.29, 1.82) is 0 Å². The van der Waals surface area contributed by atoms with Gasteiger partial charge < -0.3 is 24.4 Å². The predicted molar refractivity (Wildman–Crippen MR) is 138 cm³/mol. The normalized spacial score (nSPS) is 24.2. The molecule has 0 saturated carbocycles. The highest BCUT2D eigenvalue weighted by atomic mass is 16.7. The molecular weight excluding hydrogens is 486 g/mol. The molecule has 0 aromatic heterocycles. The number of hydrogen-bond acceptors (Lipinski definition) is 7. The summed E-state index contributed by atoms with van der Waals surface area (Å²) in [6.07, 6.45) is 3.75. The van der Waals surface area contributed by atoms with Crippen molar-refractivity contribution >= 4 is 35.2 Å². The molecule has 3 amide bonds. The Morgan fingerprint density at radius 2 is 1.71 bits per heavy atom. The topological polar surface area (TPSA) is 97.4 Å². The van der Waals surface area contributed by atoms with Gasteiger partial charge in [0.2, 0.25) is 24.5 Å². The average molecular weight is 510 g/mol. The quantitative estimate of drug-likeness (QED) is 0.537.